The summed E-state index contributed by atoms with van der Waals surface area (Å²) in [7, 11) is -7.81. The largest absolute Gasteiger partial charge is 1.00 e. The van der Waals surface area contributed by atoms with E-state index in [1.54, 1.807) is 0 Å². The first-order chi connectivity index (χ1) is 31.1. The molecular weight excluding hydrogens is 928 g/mol. The van der Waals surface area contributed by atoms with Crippen molar-refractivity contribution < 1.29 is 145 Å². The Morgan fingerprint density at radius 3 is 0.785 bits per heavy atom. The van der Waals surface area contributed by atoms with Crippen molar-refractivity contribution in [3.63, 3.8) is 0 Å². The van der Waals surface area contributed by atoms with Crippen LogP contribution in [0.3, 0.4) is 0 Å². The first-order valence-corrected chi connectivity index (χ1v) is 25.0. The van der Waals surface area contributed by atoms with Gasteiger partial charge in [-0.25, -0.2) is 0 Å². The normalized spacial score (nSPS) is 11.9. The Labute approximate surface area is 429 Å². The van der Waals surface area contributed by atoms with Crippen LogP contribution >= 0.6 is 0 Å². The van der Waals surface area contributed by atoms with E-state index in [-0.39, 0.29) is 64.3 Å². The minimum atomic E-state index is -3.91. The molecule has 0 spiro atoms. The Kier molecular flexibility index (Phi) is 41.5. The van der Waals surface area contributed by atoms with Gasteiger partial charge < -0.3 is 67.7 Å². The summed E-state index contributed by atoms with van der Waals surface area (Å²) in [5.74, 6) is 0.739. The van der Waals surface area contributed by atoms with Gasteiger partial charge in [-0.2, -0.15) is 16.8 Å². The molecule has 0 atom stereocenters. The quantitative estimate of drug-likeness (QED) is 0.0513. The Morgan fingerprint density at radius 1 is 0.338 bits per heavy atom. The van der Waals surface area contributed by atoms with Crippen LogP contribution in [0, 0.1) is 0 Å². The maximum Gasteiger partial charge on any atom is 1.00 e. The molecule has 0 amide bonds. The molecule has 0 aliphatic rings. The van der Waals surface area contributed by atoms with Crippen LogP contribution in [0.25, 0.3) is 10.8 Å². The minimum Gasteiger partial charge on any atom is -1.00 e. The van der Waals surface area contributed by atoms with E-state index in [9.17, 15) is 16.8 Å². The van der Waals surface area contributed by atoms with Crippen molar-refractivity contribution in [3.8, 4) is 11.5 Å². The second-order valence-corrected chi connectivity index (χ2v) is 16.8. The summed E-state index contributed by atoms with van der Waals surface area (Å²) >= 11 is 0. The molecule has 20 nitrogen and oxygen atoms in total. The van der Waals surface area contributed by atoms with Gasteiger partial charge in [-0.3, -0.25) is 9.11 Å². The summed E-state index contributed by atoms with van der Waals surface area (Å²) in [5, 5.41) is 2.07. The average molecular weight is 1000 g/mol. The van der Waals surface area contributed by atoms with E-state index in [2.05, 4.69) is 0 Å². The number of fused-ring (bicyclic) bond motifs is 1. The standard InChI is InChI=1S/C42H72O20S2.K.H/c43-63(44,45)35-5-3-9-49-11-13-51-15-17-53-19-21-55-23-25-57-27-29-59-31-33-61-41-37-39-7-1-2-8-40(39)38-42(41)62-34-32-60-30-28-58-26-24-56-22-20-54-18-16-52-14-12-50-10-4-6-36-64(46,47)48;;/h1-2,7-8,37-38H,3-6,9-36H2,(H,43,44,45)(H,46,47,48);;/q;+1;-1. The molecule has 65 heavy (non-hydrogen) atoms. The number of unbranched alkanes of at least 4 members (excludes halogenated alkanes) is 2. The summed E-state index contributed by atoms with van der Waals surface area (Å²) in [4.78, 5) is 0. The zero-order valence-electron chi connectivity index (χ0n) is 39.2. The molecule has 2 aromatic carbocycles. The van der Waals surface area contributed by atoms with Crippen molar-refractivity contribution in [3.05, 3.63) is 36.4 Å². The zero-order valence-corrected chi connectivity index (χ0v) is 42.9. The summed E-state index contributed by atoms with van der Waals surface area (Å²) < 4.78 is 138. The van der Waals surface area contributed by atoms with Gasteiger partial charge in [0.25, 0.3) is 20.2 Å². The van der Waals surface area contributed by atoms with Crippen molar-refractivity contribution in [1.82, 2.24) is 0 Å². The van der Waals surface area contributed by atoms with Gasteiger partial charge in [0.05, 0.1) is 157 Å². The fraction of sp³-hybridized carbons (Fsp3) is 0.762. The van der Waals surface area contributed by atoms with E-state index in [0.717, 1.165) is 10.8 Å². The van der Waals surface area contributed by atoms with E-state index in [0.29, 0.717) is 209 Å². The van der Waals surface area contributed by atoms with Crippen molar-refractivity contribution >= 4 is 31.0 Å². The molecule has 374 valence electrons. The predicted octanol–water partition coefficient (Wildman–Crippen LogP) is 0.249. The molecule has 0 bridgehead atoms. The van der Waals surface area contributed by atoms with Crippen LogP contribution < -0.4 is 60.9 Å². The maximum absolute atomic E-state index is 10.6. The van der Waals surface area contributed by atoms with E-state index in [1.165, 1.54) is 0 Å². The molecule has 0 saturated heterocycles. The minimum absolute atomic E-state index is 0. The third kappa shape index (κ3) is 40.8. The second kappa shape index (κ2) is 43.3. The van der Waals surface area contributed by atoms with Crippen LogP contribution in [-0.2, 0) is 77.1 Å². The van der Waals surface area contributed by atoms with Crippen LogP contribution in [-0.4, -0.2) is 209 Å². The van der Waals surface area contributed by atoms with Gasteiger partial charge in [0.1, 0.15) is 13.2 Å². The Bertz CT molecular complexity index is 1500. The Hall–Kier alpha value is -0.724. The first kappa shape index (κ1) is 62.3. The van der Waals surface area contributed by atoms with Gasteiger partial charge in [0.2, 0.25) is 0 Å². The average Bonchev–Trinajstić information content (AvgIpc) is 3.26. The second-order valence-electron chi connectivity index (χ2n) is 13.7. The van der Waals surface area contributed by atoms with Crippen LogP contribution in [0.5, 0.6) is 11.5 Å². The number of rotatable bonds is 48. The fourth-order valence-corrected chi connectivity index (χ4v) is 6.36. The van der Waals surface area contributed by atoms with Crippen molar-refractivity contribution in [2.24, 2.45) is 0 Å². The van der Waals surface area contributed by atoms with Gasteiger partial charge in [-0.1, -0.05) is 24.3 Å². The van der Waals surface area contributed by atoms with E-state index in [1.807, 2.05) is 36.4 Å². The van der Waals surface area contributed by atoms with Gasteiger partial charge in [0, 0.05) is 13.2 Å². The summed E-state index contributed by atoms with van der Waals surface area (Å²) in [6.07, 6.45) is 1.82. The molecule has 0 fully saturated rings. The van der Waals surface area contributed by atoms with Crippen LogP contribution in [0.15, 0.2) is 36.4 Å². The molecule has 2 aromatic rings. The summed E-state index contributed by atoms with van der Waals surface area (Å²) in [6, 6.07) is 11.9. The molecule has 0 unspecified atom stereocenters. The summed E-state index contributed by atoms with van der Waals surface area (Å²) in [5.41, 5.74) is 0. The molecule has 2 N–H and O–H groups in total. The smallest absolute Gasteiger partial charge is 1.00 e. The van der Waals surface area contributed by atoms with Crippen LogP contribution in [0.1, 0.15) is 27.1 Å². The number of hydrogen-bond acceptors (Lipinski definition) is 18. The molecule has 23 heteroatoms. The zero-order chi connectivity index (χ0) is 46.1. The number of benzene rings is 2. The van der Waals surface area contributed by atoms with Gasteiger partial charge in [-0.05, 0) is 48.6 Å². The molecule has 0 radical (unpaired) electrons. The SMILES string of the molecule is O=S(=O)(O)CCCCOCCOCCOCCOCCOCCOCCOc1cc2ccccc2cc1OCCOCCOCCOCCOCCOCCOCCCCS(=O)(=O)O.[H-].[K+]. The van der Waals surface area contributed by atoms with Crippen molar-refractivity contribution in [2.75, 3.05) is 183 Å². The van der Waals surface area contributed by atoms with E-state index in [4.69, 9.17) is 75.4 Å². The van der Waals surface area contributed by atoms with Crippen LogP contribution in [0.2, 0.25) is 0 Å². The predicted molar refractivity (Wildman–Crippen MR) is 237 cm³/mol. The molecule has 0 heterocycles. The monoisotopic (exact) mass is 1000 g/mol. The topological polar surface area (TPSA) is 238 Å². The molecular formula is C42H73KO20S2. The van der Waals surface area contributed by atoms with Gasteiger partial charge >= 0.3 is 51.4 Å². The molecule has 0 aliphatic heterocycles. The van der Waals surface area contributed by atoms with Crippen LogP contribution in [0.4, 0.5) is 0 Å². The third-order valence-corrected chi connectivity index (χ3v) is 9.99. The summed E-state index contributed by atoms with van der Waals surface area (Å²) in [6.45, 7) is 10.9. The molecule has 0 aliphatic carbocycles. The maximum atomic E-state index is 10.6. The molecule has 2 rings (SSSR count). The van der Waals surface area contributed by atoms with Gasteiger partial charge in [0.15, 0.2) is 11.5 Å². The fourth-order valence-electron chi connectivity index (χ4n) is 5.23. The first-order valence-electron chi connectivity index (χ1n) is 21.8. The Balaban J connectivity index is 0.0000211. The van der Waals surface area contributed by atoms with E-state index >= 15 is 0 Å². The molecule has 0 aromatic heterocycles. The van der Waals surface area contributed by atoms with Crippen molar-refractivity contribution in [1.29, 1.82) is 0 Å². The van der Waals surface area contributed by atoms with Gasteiger partial charge in [-0.15, -0.1) is 0 Å². The third-order valence-electron chi connectivity index (χ3n) is 8.38. The number of ether oxygens (including phenoxy) is 14. The van der Waals surface area contributed by atoms with E-state index < -0.39 is 20.2 Å². The molecule has 0 saturated carbocycles. The Morgan fingerprint density at radius 2 is 0.554 bits per heavy atom. The van der Waals surface area contributed by atoms with Crippen molar-refractivity contribution in [2.45, 2.75) is 25.7 Å². The number of hydrogen-bond donors (Lipinski definition) is 2.